The molecule has 1 heterocycles. The summed E-state index contributed by atoms with van der Waals surface area (Å²) in [6.45, 7) is 6.32. The molecule has 1 aromatic rings. The molecular formula is C16H26N4. The first-order valence-electron chi connectivity index (χ1n) is 7.36. The van der Waals surface area contributed by atoms with Gasteiger partial charge in [-0.2, -0.15) is 0 Å². The van der Waals surface area contributed by atoms with Crippen LogP contribution in [0.15, 0.2) is 29.3 Å². The molecule has 1 aromatic carbocycles. The first kappa shape index (κ1) is 14.9. The SMILES string of the molecule is CN=C(NCc1cccc(C)c1)NCC1CCN(C)C1. The summed E-state index contributed by atoms with van der Waals surface area (Å²) in [5.41, 5.74) is 2.58. The highest BCUT2D eigenvalue weighted by Gasteiger charge is 2.19. The normalized spacial score (nSPS) is 20.1. The average Bonchev–Trinajstić information content (AvgIpc) is 2.85. The third kappa shape index (κ3) is 4.53. The Labute approximate surface area is 122 Å². The Hall–Kier alpha value is -1.55. The van der Waals surface area contributed by atoms with E-state index in [-0.39, 0.29) is 0 Å². The molecule has 1 aliphatic heterocycles. The average molecular weight is 274 g/mol. The van der Waals surface area contributed by atoms with Gasteiger partial charge in [-0.3, -0.25) is 4.99 Å². The van der Waals surface area contributed by atoms with Crippen LogP contribution in [0.5, 0.6) is 0 Å². The Morgan fingerprint density at radius 1 is 1.40 bits per heavy atom. The van der Waals surface area contributed by atoms with E-state index in [4.69, 9.17) is 0 Å². The molecule has 4 nitrogen and oxygen atoms in total. The fourth-order valence-electron chi connectivity index (χ4n) is 2.66. The smallest absolute Gasteiger partial charge is 0.191 e. The van der Waals surface area contributed by atoms with Crippen molar-refractivity contribution in [2.24, 2.45) is 10.9 Å². The first-order valence-corrected chi connectivity index (χ1v) is 7.36. The topological polar surface area (TPSA) is 39.7 Å². The summed E-state index contributed by atoms with van der Waals surface area (Å²) < 4.78 is 0. The number of nitrogens with one attached hydrogen (secondary N) is 2. The van der Waals surface area contributed by atoms with E-state index in [1.54, 1.807) is 0 Å². The number of aryl methyl sites for hydroxylation is 1. The maximum atomic E-state index is 4.29. The van der Waals surface area contributed by atoms with Gasteiger partial charge in [0.1, 0.15) is 0 Å². The highest BCUT2D eigenvalue weighted by Crippen LogP contribution is 2.12. The minimum absolute atomic E-state index is 0.734. The van der Waals surface area contributed by atoms with E-state index in [0.29, 0.717) is 0 Å². The lowest BCUT2D eigenvalue weighted by molar-refractivity contribution is 0.394. The molecule has 0 aliphatic carbocycles. The van der Waals surface area contributed by atoms with E-state index >= 15 is 0 Å². The van der Waals surface area contributed by atoms with Crippen LogP contribution in [-0.4, -0.2) is 44.6 Å². The predicted octanol–water partition coefficient (Wildman–Crippen LogP) is 1.61. The van der Waals surface area contributed by atoms with Crippen molar-refractivity contribution >= 4 is 5.96 Å². The van der Waals surface area contributed by atoms with Gasteiger partial charge in [0.25, 0.3) is 0 Å². The lowest BCUT2D eigenvalue weighted by atomic mass is 10.1. The zero-order valence-electron chi connectivity index (χ0n) is 12.8. The molecule has 0 radical (unpaired) electrons. The van der Waals surface area contributed by atoms with Crippen LogP contribution in [0, 0.1) is 12.8 Å². The molecule has 1 saturated heterocycles. The summed E-state index contributed by atoms with van der Waals surface area (Å²) in [5.74, 6) is 1.62. The summed E-state index contributed by atoms with van der Waals surface area (Å²) in [7, 11) is 4.01. The van der Waals surface area contributed by atoms with Crippen LogP contribution < -0.4 is 10.6 Å². The Bertz CT molecular complexity index is 456. The summed E-state index contributed by atoms with van der Waals surface area (Å²) in [5, 5.41) is 6.80. The van der Waals surface area contributed by atoms with Crippen molar-refractivity contribution < 1.29 is 0 Å². The molecule has 110 valence electrons. The highest BCUT2D eigenvalue weighted by molar-refractivity contribution is 5.79. The molecule has 0 saturated carbocycles. The second kappa shape index (κ2) is 7.29. The molecule has 1 unspecified atom stereocenters. The van der Waals surface area contributed by atoms with Gasteiger partial charge in [-0.1, -0.05) is 29.8 Å². The number of hydrogen-bond acceptors (Lipinski definition) is 2. The zero-order chi connectivity index (χ0) is 14.4. The van der Waals surface area contributed by atoms with E-state index in [1.807, 2.05) is 7.05 Å². The summed E-state index contributed by atoms with van der Waals surface area (Å²) >= 11 is 0. The number of rotatable bonds is 4. The van der Waals surface area contributed by atoms with Crippen molar-refractivity contribution in [3.05, 3.63) is 35.4 Å². The summed E-state index contributed by atoms with van der Waals surface area (Å²) in [6, 6.07) is 8.55. The number of likely N-dealkylation sites (tertiary alicyclic amines) is 1. The molecule has 20 heavy (non-hydrogen) atoms. The molecule has 0 spiro atoms. The van der Waals surface area contributed by atoms with Crippen molar-refractivity contribution in [1.82, 2.24) is 15.5 Å². The minimum Gasteiger partial charge on any atom is -0.356 e. The third-order valence-corrected chi connectivity index (χ3v) is 3.81. The van der Waals surface area contributed by atoms with Crippen molar-refractivity contribution in [3.63, 3.8) is 0 Å². The quantitative estimate of drug-likeness (QED) is 0.647. The van der Waals surface area contributed by atoms with Crippen LogP contribution in [-0.2, 0) is 6.54 Å². The number of hydrogen-bond donors (Lipinski definition) is 2. The Morgan fingerprint density at radius 2 is 2.25 bits per heavy atom. The van der Waals surface area contributed by atoms with Crippen molar-refractivity contribution in [3.8, 4) is 0 Å². The lowest BCUT2D eigenvalue weighted by Gasteiger charge is -2.15. The van der Waals surface area contributed by atoms with Gasteiger partial charge in [-0.15, -0.1) is 0 Å². The van der Waals surface area contributed by atoms with E-state index in [9.17, 15) is 0 Å². The molecular weight excluding hydrogens is 248 g/mol. The molecule has 1 aliphatic rings. The van der Waals surface area contributed by atoms with Crippen molar-refractivity contribution in [2.75, 3.05) is 33.7 Å². The monoisotopic (exact) mass is 274 g/mol. The first-order chi connectivity index (χ1) is 9.67. The molecule has 0 bridgehead atoms. The van der Waals surface area contributed by atoms with Crippen LogP contribution in [0.4, 0.5) is 0 Å². The Kier molecular flexibility index (Phi) is 5.41. The third-order valence-electron chi connectivity index (χ3n) is 3.81. The van der Waals surface area contributed by atoms with Gasteiger partial charge < -0.3 is 15.5 Å². The minimum atomic E-state index is 0.734. The van der Waals surface area contributed by atoms with E-state index in [0.717, 1.165) is 25.0 Å². The summed E-state index contributed by atoms with van der Waals surface area (Å²) in [4.78, 5) is 6.67. The highest BCUT2D eigenvalue weighted by atomic mass is 15.2. The van der Waals surface area contributed by atoms with Crippen LogP contribution in [0.2, 0.25) is 0 Å². The second-order valence-electron chi connectivity index (χ2n) is 5.71. The van der Waals surface area contributed by atoms with Gasteiger partial charge in [-0.25, -0.2) is 0 Å². The molecule has 0 aromatic heterocycles. The largest absolute Gasteiger partial charge is 0.356 e. The maximum Gasteiger partial charge on any atom is 0.191 e. The van der Waals surface area contributed by atoms with Gasteiger partial charge in [0.2, 0.25) is 0 Å². The fraction of sp³-hybridized carbons (Fsp3) is 0.562. The summed E-state index contributed by atoms with van der Waals surface area (Å²) in [6.07, 6.45) is 1.28. The maximum absolute atomic E-state index is 4.29. The van der Waals surface area contributed by atoms with E-state index < -0.39 is 0 Å². The lowest BCUT2D eigenvalue weighted by Crippen LogP contribution is -2.39. The van der Waals surface area contributed by atoms with Crippen molar-refractivity contribution in [2.45, 2.75) is 19.9 Å². The van der Waals surface area contributed by atoms with E-state index in [1.165, 1.54) is 30.6 Å². The molecule has 2 rings (SSSR count). The van der Waals surface area contributed by atoms with Gasteiger partial charge in [0, 0.05) is 26.7 Å². The molecule has 0 amide bonds. The van der Waals surface area contributed by atoms with Crippen LogP contribution in [0.3, 0.4) is 0 Å². The van der Waals surface area contributed by atoms with Crippen LogP contribution in [0.25, 0.3) is 0 Å². The van der Waals surface area contributed by atoms with E-state index in [2.05, 4.69) is 58.8 Å². The number of nitrogens with zero attached hydrogens (tertiary/aromatic N) is 2. The van der Waals surface area contributed by atoms with Gasteiger partial charge in [0.05, 0.1) is 0 Å². The molecule has 1 fully saturated rings. The number of guanidine groups is 1. The standard InChI is InChI=1S/C16H26N4/c1-13-5-4-6-14(9-13)10-18-16(17-2)19-11-15-7-8-20(3)12-15/h4-6,9,15H,7-8,10-12H2,1-3H3,(H2,17,18,19). The van der Waals surface area contributed by atoms with Crippen LogP contribution >= 0.6 is 0 Å². The van der Waals surface area contributed by atoms with Gasteiger partial charge >= 0.3 is 0 Å². The Balaban J connectivity index is 1.75. The van der Waals surface area contributed by atoms with Crippen LogP contribution in [0.1, 0.15) is 17.5 Å². The second-order valence-corrected chi connectivity index (χ2v) is 5.71. The molecule has 2 N–H and O–H groups in total. The fourth-order valence-corrected chi connectivity index (χ4v) is 2.66. The van der Waals surface area contributed by atoms with Gasteiger partial charge in [-0.05, 0) is 38.4 Å². The molecule has 4 heteroatoms. The van der Waals surface area contributed by atoms with Gasteiger partial charge in [0.15, 0.2) is 5.96 Å². The zero-order valence-corrected chi connectivity index (χ0v) is 12.8. The Morgan fingerprint density at radius 3 is 2.90 bits per heavy atom. The van der Waals surface area contributed by atoms with Crippen molar-refractivity contribution in [1.29, 1.82) is 0 Å². The molecule has 1 atom stereocenters. The predicted molar refractivity (Wildman–Crippen MR) is 85.0 cm³/mol. The number of aliphatic imine (C=N–C) groups is 1. The number of benzene rings is 1.